The van der Waals surface area contributed by atoms with Crippen LogP contribution >= 0.6 is 0 Å². The average Bonchev–Trinajstić information content (AvgIpc) is 2.57. The summed E-state index contributed by atoms with van der Waals surface area (Å²) in [6.07, 6.45) is 5.34. The van der Waals surface area contributed by atoms with E-state index in [1.807, 2.05) is 0 Å². The Morgan fingerprint density at radius 2 is 1.48 bits per heavy atom. The number of rotatable bonds is 14. The van der Waals surface area contributed by atoms with Crippen molar-refractivity contribution in [3.8, 4) is 12.3 Å². The molecule has 0 N–H and O–H groups in total. The summed E-state index contributed by atoms with van der Waals surface area (Å²) in [6.45, 7) is 4.27. The van der Waals surface area contributed by atoms with Gasteiger partial charge in [0.05, 0.1) is 65.7 Å². The molecule has 8 nitrogen and oxygen atoms in total. The molecule has 0 aromatic carbocycles. The van der Waals surface area contributed by atoms with Gasteiger partial charge in [-0.25, -0.2) is 0 Å². The van der Waals surface area contributed by atoms with Gasteiger partial charge in [0.25, 0.3) is 0 Å². The molecular weight excluding hydrogens is 330 g/mol. The topological polar surface area (TPSA) is 83.5 Å². The van der Waals surface area contributed by atoms with E-state index in [-0.39, 0.29) is 17.8 Å². The van der Waals surface area contributed by atoms with Crippen molar-refractivity contribution >= 4 is 11.9 Å². The average molecular weight is 357 g/mol. The normalized spacial score (nSPS) is 14.0. The smallest absolute Gasteiger partial charge is 0.312 e. The van der Waals surface area contributed by atoms with Gasteiger partial charge in [-0.1, -0.05) is 5.92 Å². The van der Waals surface area contributed by atoms with E-state index in [4.69, 9.17) is 25.4 Å². The number of hydrogen-bond acceptors (Lipinski definition) is 7. The van der Waals surface area contributed by atoms with Gasteiger partial charge in [0, 0.05) is 13.1 Å². The molecule has 1 saturated heterocycles. The Bertz CT molecular complexity index is 429. The molecule has 1 aliphatic heterocycles. The lowest BCUT2D eigenvalue weighted by Gasteiger charge is -2.37. The third kappa shape index (κ3) is 9.41. The molecule has 0 atom stereocenters. The van der Waals surface area contributed by atoms with Crippen LogP contribution in [0.2, 0.25) is 0 Å². The first-order valence-electron chi connectivity index (χ1n) is 8.29. The molecule has 0 bridgehead atoms. The van der Waals surface area contributed by atoms with Crippen LogP contribution in [-0.2, 0) is 33.3 Å². The van der Waals surface area contributed by atoms with E-state index in [1.54, 1.807) is 4.90 Å². The van der Waals surface area contributed by atoms with Crippen LogP contribution in [0, 0.1) is 18.3 Å². The van der Waals surface area contributed by atoms with Crippen LogP contribution in [0.5, 0.6) is 0 Å². The van der Waals surface area contributed by atoms with Gasteiger partial charge in [-0.3, -0.25) is 9.59 Å². The first-order chi connectivity index (χ1) is 12.2. The van der Waals surface area contributed by atoms with Crippen molar-refractivity contribution in [1.82, 2.24) is 4.90 Å². The number of carbonyl (C=O) groups excluding carboxylic acids is 2. The van der Waals surface area contributed by atoms with Gasteiger partial charge in [-0.15, -0.1) is 6.42 Å². The Labute approximate surface area is 148 Å². The summed E-state index contributed by atoms with van der Waals surface area (Å²) in [6, 6.07) is 0. The maximum Gasteiger partial charge on any atom is 0.312 e. The van der Waals surface area contributed by atoms with E-state index < -0.39 is 0 Å². The lowest BCUT2D eigenvalue weighted by Crippen LogP contribution is -2.53. The third-order valence-electron chi connectivity index (χ3n) is 3.53. The number of amides is 1. The zero-order valence-electron chi connectivity index (χ0n) is 14.7. The van der Waals surface area contributed by atoms with Gasteiger partial charge >= 0.3 is 5.97 Å². The Hall–Kier alpha value is -1.66. The molecule has 0 spiro atoms. The molecule has 0 radical (unpaired) electrons. The Kier molecular flexibility index (Phi) is 11.6. The van der Waals surface area contributed by atoms with E-state index >= 15 is 0 Å². The number of esters is 1. The molecule has 0 aromatic rings. The second kappa shape index (κ2) is 13.6. The molecule has 1 heterocycles. The van der Waals surface area contributed by atoms with Crippen molar-refractivity contribution in [2.24, 2.45) is 5.92 Å². The molecule has 25 heavy (non-hydrogen) atoms. The summed E-state index contributed by atoms with van der Waals surface area (Å²) < 4.78 is 25.6. The van der Waals surface area contributed by atoms with Gasteiger partial charge in [0.2, 0.25) is 5.91 Å². The van der Waals surface area contributed by atoms with Crippen LogP contribution in [-0.4, -0.2) is 89.8 Å². The Morgan fingerprint density at radius 3 is 2.00 bits per heavy atom. The molecule has 1 aliphatic rings. The zero-order chi connectivity index (χ0) is 18.3. The monoisotopic (exact) mass is 357 g/mol. The second-order valence-electron chi connectivity index (χ2n) is 5.36. The largest absolute Gasteiger partial charge is 0.469 e. The standard InChI is InChI=1S/C17H27NO7/c1-3-5-22-7-9-24-11-12-25-10-8-23-6-4-16(19)18-13-15(14-18)17(20)21-2/h1,15H,4-14H2,2H3. The minimum Gasteiger partial charge on any atom is -0.469 e. The van der Waals surface area contributed by atoms with Crippen LogP contribution in [0.25, 0.3) is 0 Å². The van der Waals surface area contributed by atoms with E-state index in [0.717, 1.165) is 0 Å². The van der Waals surface area contributed by atoms with Crippen LogP contribution in [0.15, 0.2) is 0 Å². The molecule has 1 amide bonds. The number of carbonyl (C=O) groups is 2. The quantitative estimate of drug-likeness (QED) is 0.240. The predicted molar refractivity (Wildman–Crippen MR) is 88.8 cm³/mol. The Balaban J connectivity index is 1.81. The number of likely N-dealkylation sites (tertiary alicyclic amines) is 1. The van der Waals surface area contributed by atoms with E-state index in [1.165, 1.54) is 7.11 Å². The van der Waals surface area contributed by atoms with Crippen LogP contribution in [0.4, 0.5) is 0 Å². The van der Waals surface area contributed by atoms with Gasteiger partial charge in [-0.05, 0) is 0 Å². The fourth-order valence-electron chi connectivity index (χ4n) is 2.11. The maximum atomic E-state index is 11.8. The number of nitrogens with zero attached hydrogens (tertiary/aromatic N) is 1. The molecule has 142 valence electrons. The summed E-state index contributed by atoms with van der Waals surface area (Å²) in [5, 5.41) is 0. The van der Waals surface area contributed by atoms with Crippen molar-refractivity contribution < 1.29 is 33.3 Å². The second-order valence-corrected chi connectivity index (χ2v) is 5.36. The molecule has 0 unspecified atom stereocenters. The highest BCUT2D eigenvalue weighted by molar-refractivity contribution is 5.81. The first-order valence-corrected chi connectivity index (χ1v) is 8.29. The molecule has 0 saturated carbocycles. The first kappa shape index (κ1) is 21.4. The summed E-state index contributed by atoms with van der Waals surface area (Å²) >= 11 is 0. The highest BCUT2D eigenvalue weighted by atomic mass is 16.6. The molecule has 1 rings (SSSR count). The van der Waals surface area contributed by atoms with Gasteiger partial charge in [0.15, 0.2) is 0 Å². The highest BCUT2D eigenvalue weighted by Gasteiger charge is 2.35. The van der Waals surface area contributed by atoms with Crippen molar-refractivity contribution in [2.45, 2.75) is 6.42 Å². The van der Waals surface area contributed by atoms with Crippen molar-refractivity contribution in [3.05, 3.63) is 0 Å². The fraction of sp³-hybridized carbons (Fsp3) is 0.765. The number of methoxy groups -OCH3 is 1. The minimum atomic E-state index is -0.262. The Morgan fingerprint density at radius 1 is 0.960 bits per heavy atom. The van der Waals surface area contributed by atoms with E-state index in [2.05, 4.69) is 10.7 Å². The molecule has 1 fully saturated rings. The maximum absolute atomic E-state index is 11.8. The number of terminal acetylenes is 1. The summed E-state index contributed by atoms with van der Waals surface area (Å²) in [5.74, 6) is 1.91. The SMILES string of the molecule is C#CCOCCOCCOCCOCCC(=O)N1CC(C(=O)OC)C1. The van der Waals surface area contributed by atoms with Gasteiger partial charge in [0.1, 0.15) is 6.61 Å². The fourth-order valence-corrected chi connectivity index (χ4v) is 2.11. The zero-order valence-corrected chi connectivity index (χ0v) is 14.7. The third-order valence-corrected chi connectivity index (χ3v) is 3.53. The predicted octanol–water partition coefficient (Wildman–Crippen LogP) is -0.292. The van der Waals surface area contributed by atoms with Crippen molar-refractivity contribution in [1.29, 1.82) is 0 Å². The molecule has 8 heteroatoms. The summed E-state index contributed by atoms with van der Waals surface area (Å²) in [5.41, 5.74) is 0. The van der Waals surface area contributed by atoms with E-state index in [0.29, 0.717) is 72.4 Å². The number of ether oxygens (including phenoxy) is 5. The molecular formula is C17H27NO7. The number of hydrogen-bond donors (Lipinski definition) is 0. The van der Waals surface area contributed by atoms with Crippen LogP contribution in [0.1, 0.15) is 6.42 Å². The van der Waals surface area contributed by atoms with Crippen molar-refractivity contribution in [3.63, 3.8) is 0 Å². The minimum absolute atomic E-state index is 0.0125. The lowest BCUT2D eigenvalue weighted by molar-refractivity contribution is -0.156. The van der Waals surface area contributed by atoms with Gasteiger partial charge in [-0.2, -0.15) is 0 Å². The van der Waals surface area contributed by atoms with Crippen LogP contribution < -0.4 is 0 Å². The van der Waals surface area contributed by atoms with Crippen molar-refractivity contribution in [2.75, 3.05) is 73.1 Å². The van der Waals surface area contributed by atoms with Gasteiger partial charge < -0.3 is 28.6 Å². The lowest BCUT2D eigenvalue weighted by atomic mass is 10.00. The van der Waals surface area contributed by atoms with E-state index in [9.17, 15) is 9.59 Å². The highest BCUT2D eigenvalue weighted by Crippen LogP contribution is 2.17. The summed E-state index contributed by atoms with van der Waals surface area (Å²) in [4.78, 5) is 24.7. The molecule has 0 aliphatic carbocycles. The van der Waals surface area contributed by atoms with Crippen LogP contribution in [0.3, 0.4) is 0 Å². The molecule has 0 aromatic heterocycles. The summed E-state index contributed by atoms with van der Waals surface area (Å²) in [7, 11) is 1.35.